The molecule has 0 saturated heterocycles. The van der Waals surface area contributed by atoms with Gasteiger partial charge in [0.15, 0.2) is 0 Å². The average Bonchev–Trinajstić information content (AvgIpc) is 2.48. The molecule has 2 rings (SSSR count). The topological polar surface area (TPSA) is 80.3 Å². The highest BCUT2D eigenvalue weighted by molar-refractivity contribution is 7.93. The zero-order chi connectivity index (χ0) is 14.8. The van der Waals surface area contributed by atoms with E-state index in [9.17, 15) is 21.3 Å². The van der Waals surface area contributed by atoms with Gasteiger partial charge < -0.3 is 0 Å². The van der Waals surface area contributed by atoms with E-state index in [1.54, 1.807) is 6.07 Å². The first kappa shape index (κ1) is 14.6. The van der Waals surface area contributed by atoms with Gasteiger partial charge in [0.05, 0.1) is 9.79 Å². The molecule has 0 spiro atoms. The number of halogens is 1. The molecule has 106 valence electrons. The van der Waals surface area contributed by atoms with E-state index < -0.39 is 29.7 Å². The maximum Gasteiger partial charge on any atom is 0.267 e. The van der Waals surface area contributed by atoms with Crippen LogP contribution in [0.15, 0.2) is 69.3 Å². The zero-order valence-corrected chi connectivity index (χ0v) is 11.7. The summed E-state index contributed by atoms with van der Waals surface area (Å²) >= 11 is 0. The average molecular weight is 315 g/mol. The molecule has 0 aliphatic rings. The van der Waals surface area contributed by atoms with Crippen LogP contribution in [0.1, 0.15) is 0 Å². The van der Waals surface area contributed by atoms with Crippen molar-refractivity contribution in [1.82, 2.24) is 4.94 Å². The van der Waals surface area contributed by atoms with Gasteiger partial charge in [-0.1, -0.05) is 30.3 Å². The smallest absolute Gasteiger partial charge is 0.218 e. The molecule has 8 heteroatoms. The van der Waals surface area contributed by atoms with Crippen molar-refractivity contribution in [2.24, 2.45) is 0 Å². The second kappa shape index (κ2) is 5.31. The quantitative estimate of drug-likeness (QED) is 0.871. The molecule has 1 N–H and O–H groups in total. The number of rotatable bonds is 4. The minimum absolute atomic E-state index is 0.0680. The first-order chi connectivity index (χ1) is 9.39. The van der Waals surface area contributed by atoms with Gasteiger partial charge in [0.1, 0.15) is 4.90 Å². The van der Waals surface area contributed by atoms with Gasteiger partial charge in [-0.3, -0.25) is 0 Å². The van der Waals surface area contributed by atoms with E-state index >= 15 is 0 Å². The van der Waals surface area contributed by atoms with Crippen LogP contribution in [-0.2, 0) is 19.9 Å². The predicted octanol–water partition coefficient (Wildman–Crippen LogP) is 1.68. The molecule has 0 amide bonds. The van der Waals surface area contributed by atoms with Crippen LogP contribution in [0.2, 0.25) is 0 Å². The van der Waals surface area contributed by atoms with Gasteiger partial charge in [0.2, 0.25) is 9.84 Å². The van der Waals surface area contributed by atoms with Crippen molar-refractivity contribution in [3.8, 4) is 0 Å². The first-order valence-electron chi connectivity index (χ1n) is 5.41. The third kappa shape index (κ3) is 2.58. The largest absolute Gasteiger partial charge is 0.267 e. The molecule has 0 aliphatic heterocycles. The maximum absolute atomic E-state index is 12.4. The van der Waals surface area contributed by atoms with E-state index in [0.717, 1.165) is 12.1 Å². The summed E-state index contributed by atoms with van der Waals surface area (Å²) in [5.41, 5.74) is 0. The minimum Gasteiger partial charge on any atom is -0.218 e. The minimum atomic E-state index is -4.52. The van der Waals surface area contributed by atoms with E-state index in [0.29, 0.717) is 4.94 Å². The molecule has 20 heavy (non-hydrogen) atoms. The van der Waals surface area contributed by atoms with Crippen LogP contribution in [0, 0.1) is 0 Å². The molecule has 0 radical (unpaired) electrons. The molecule has 0 aromatic heterocycles. The lowest BCUT2D eigenvalue weighted by atomic mass is 10.4. The van der Waals surface area contributed by atoms with Crippen LogP contribution in [0.3, 0.4) is 0 Å². The summed E-state index contributed by atoms with van der Waals surface area (Å²) in [4.78, 5) is -0.547. The number of benzene rings is 2. The van der Waals surface area contributed by atoms with Crippen LogP contribution in [0.4, 0.5) is 4.48 Å². The number of sulfonamides is 1. The third-order valence-electron chi connectivity index (χ3n) is 2.58. The highest BCUT2D eigenvalue weighted by Crippen LogP contribution is 2.26. The Morgan fingerprint density at radius 3 is 1.80 bits per heavy atom. The molecule has 0 unspecified atom stereocenters. The Morgan fingerprint density at radius 2 is 1.25 bits per heavy atom. The Morgan fingerprint density at radius 1 is 0.750 bits per heavy atom. The molecule has 0 fully saturated rings. The zero-order valence-electron chi connectivity index (χ0n) is 10.0. The summed E-state index contributed by atoms with van der Waals surface area (Å²) in [6, 6.07) is 12.1. The molecule has 2 aromatic carbocycles. The molecule has 0 bridgehead atoms. The molecular formula is C12H10FNO4S2. The van der Waals surface area contributed by atoms with Crippen LogP contribution >= 0.6 is 0 Å². The second-order valence-electron chi connectivity index (χ2n) is 3.84. The van der Waals surface area contributed by atoms with Crippen molar-refractivity contribution in [2.75, 3.05) is 0 Å². The Balaban J connectivity index is 2.72. The van der Waals surface area contributed by atoms with E-state index in [1.807, 2.05) is 0 Å². The highest BCUT2D eigenvalue weighted by Gasteiger charge is 2.27. The Kier molecular flexibility index (Phi) is 3.89. The summed E-state index contributed by atoms with van der Waals surface area (Å²) in [7, 11) is -8.56. The summed E-state index contributed by atoms with van der Waals surface area (Å²) in [5.74, 6) is 0. The van der Waals surface area contributed by atoms with E-state index in [-0.39, 0.29) is 4.90 Å². The van der Waals surface area contributed by atoms with Gasteiger partial charge in [-0.2, -0.15) is 0 Å². The highest BCUT2D eigenvalue weighted by atomic mass is 32.2. The summed E-state index contributed by atoms with van der Waals surface area (Å²) in [6.07, 6.45) is 0. The van der Waals surface area contributed by atoms with Gasteiger partial charge in [-0.15, -0.1) is 4.48 Å². The van der Waals surface area contributed by atoms with Gasteiger partial charge in [0.25, 0.3) is 10.0 Å². The standard InChI is InChI=1S/C12H10FNO4S2/c13-14-20(17,18)12-9-5-4-8-11(12)19(15,16)10-6-2-1-3-7-10/h1-9,14H. The van der Waals surface area contributed by atoms with Crippen LogP contribution in [0.5, 0.6) is 0 Å². The lowest BCUT2D eigenvalue weighted by molar-refractivity contribution is 0.424. The number of hydrogen-bond donors (Lipinski definition) is 1. The first-order valence-corrected chi connectivity index (χ1v) is 8.38. The lowest BCUT2D eigenvalue weighted by Gasteiger charge is -2.09. The SMILES string of the molecule is O=S(=O)(NF)c1ccccc1S(=O)(=O)c1ccccc1. The van der Waals surface area contributed by atoms with Crippen molar-refractivity contribution < 1.29 is 21.3 Å². The Bertz CT molecular complexity index is 818. The summed E-state index contributed by atoms with van der Waals surface area (Å²) in [5, 5.41) is 0. The van der Waals surface area contributed by atoms with Crippen LogP contribution < -0.4 is 4.94 Å². The van der Waals surface area contributed by atoms with Gasteiger partial charge in [-0.05, 0) is 29.2 Å². The maximum atomic E-state index is 12.4. The van der Waals surface area contributed by atoms with Crippen molar-refractivity contribution >= 4 is 19.9 Å². The van der Waals surface area contributed by atoms with Crippen LogP contribution in [-0.4, -0.2) is 16.8 Å². The molecule has 0 atom stereocenters. The Labute approximate surface area is 116 Å². The van der Waals surface area contributed by atoms with Crippen molar-refractivity contribution in [2.45, 2.75) is 14.7 Å². The Hall–Kier alpha value is -1.77. The number of sulfone groups is 1. The number of hydrogen-bond acceptors (Lipinski definition) is 4. The van der Waals surface area contributed by atoms with Crippen LogP contribution in [0.25, 0.3) is 0 Å². The second-order valence-corrected chi connectivity index (χ2v) is 7.36. The van der Waals surface area contributed by atoms with Crippen molar-refractivity contribution in [1.29, 1.82) is 0 Å². The van der Waals surface area contributed by atoms with Gasteiger partial charge in [-0.25, -0.2) is 16.8 Å². The number of nitrogens with one attached hydrogen (secondary N) is 1. The van der Waals surface area contributed by atoms with E-state index in [4.69, 9.17) is 0 Å². The predicted molar refractivity (Wildman–Crippen MR) is 69.8 cm³/mol. The molecular weight excluding hydrogens is 305 g/mol. The summed E-state index contributed by atoms with van der Waals surface area (Å²) in [6.45, 7) is 0. The van der Waals surface area contributed by atoms with E-state index in [1.165, 1.54) is 36.4 Å². The van der Waals surface area contributed by atoms with Crippen molar-refractivity contribution in [3.05, 3.63) is 54.6 Å². The van der Waals surface area contributed by atoms with Gasteiger partial charge >= 0.3 is 0 Å². The van der Waals surface area contributed by atoms with E-state index in [2.05, 4.69) is 0 Å². The molecule has 0 heterocycles. The molecule has 5 nitrogen and oxygen atoms in total. The normalized spacial score (nSPS) is 12.2. The molecule has 0 saturated carbocycles. The summed E-state index contributed by atoms with van der Waals surface area (Å²) < 4.78 is 60.3. The fourth-order valence-electron chi connectivity index (χ4n) is 1.66. The third-order valence-corrected chi connectivity index (χ3v) is 5.68. The molecule has 0 aliphatic carbocycles. The fraction of sp³-hybridized carbons (Fsp3) is 0. The lowest BCUT2D eigenvalue weighted by Crippen LogP contribution is -2.18. The molecule has 2 aromatic rings. The van der Waals surface area contributed by atoms with Crippen molar-refractivity contribution in [3.63, 3.8) is 0 Å². The monoisotopic (exact) mass is 315 g/mol. The fourth-order valence-corrected chi connectivity index (χ4v) is 4.35. The van der Waals surface area contributed by atoms with Gasteiger partial charge in [0, 0.05) is 0 Å².